The second-order valence-electron chi connectivity index (χ2n) is 6.77. The Bertz CT molecular complexity index is 1100. The van der Waals surface area contributed by atoms with Gasteiger partial charge in [-0.3, -0.25) is 4.79 Å². The minimum Gasteiger partial charge on any atom is -0.399 e. The van der Waals surface area contributed by atoms with Gasteiger partial charge >= 0.3 is 0 Å². The molecule has 0 aliphatic carbocycles. The molecule has 1 unspecified atom stereocenters. The molecular weight excluding hydrogens is 348 g/mol. The lowest BCUT2D eigenvalue weighted by molar-refractivity contribution is 0.102. The maximum atomic E-state index is 12.4. The van der Waals surface area contributed by atoms with Crippen LogP contribution in [0.25, 0.3) is 11.0 Å². The molecule has 0 aliphatic rings. The topological polar surface area (TPSA) is 72.9 Å². The Morgan fingerprint density at radius 3 is 2.54 bits per heavy atom. The molecule has 1 aromatic heterocycles. The number of nitrogens with two attached hydrogens (primary N) is 1. The van der Waals surface area contributed by atoms with Crippen LogP contribution in [0.15, 0.2) is 79.1 Å². The number of amides is 1. The average Bonchev–Trinajstić information content (AvgIpc) is 3.13. The van der Waals surface area contributed by atoms with Crippen LogP contribution in [0.5, 0.6) is 0 Å². The largest absolute Gasteiger partial charge is 0.399 e. The summed E-state index contributed by atoms with van der Waals surface area (Å²) in [5.41, 5.74) is 10.7. The first kappa shape index (κ1) is 17.8. The molecule has 1 amide bonds. The zero-order chi connectivity index (χ0) is 19.5. The highest BCUT2D eigenvalue weighted by molar-refractivity contribution is 6.05. The molecule has 0 saturated carbocycles. The second-order valence-corrected chi connectivity index (χ2v) is 6.77. The number of benzene rings is 3. The van der Waals surface area contributed by atoms with Crippen molar-refractivity contribution in [3.05, 3.63) is 90.3 Å². The zero-order valence-corrected chi connectivity index (χ0v) is 15.7. The van der Waals surface area contributed by atoms with Gasteiger partial charge in [-0.05, 0) is 54.4 Å². The molecule has 0 aliphatic heterocycles. The van der Waals surface area contributed by atoms with Crippen molar-refractivity contribution in [3.63, 3.8) is 0 Å². The van der Waals surface area contributed by atoms with Crippen LogP contribution in [-0.4, -0.2) is 15.5 Å². The Labute approximate surface area is 163 Å². The van der Waals surface area contributed by atoms with E-state index in [9.17, 15) is 4.79 Å². The van der Waals surface area contributed by atoms with E-state index < -0.39 is 0 Å². The summed E-state index contributed by atoms with van der Waals surface area (Å²) in [7, 11) is 0. The Morgan fingerprint density at radius 1 is 1.07 bits per heavy atom. The number of fused-ring (bicyclic) bond motifs is 1. The molecular formula is C23H22N4O. The van der Waals surface area contributed by atoms with Gasteiger partial charge < -0.3 is 15.6 Å². The summed E-state index contributed by atoms with van der Waals surface area (Å²) in [6.45, 7) is 2.17. The molecule has 4 rings (SSSR count). The summed E-state index contributed by atoms with van der Waals surface area (Å²) in [6, 6.07) is 23.3. The van der Waals surface area contributed by atoms with Crippen LogP contribution >= 0.6 is 0 Å². The highest BCUT2D eigenvalue weighted by Crippen LogP contribution is 2.27. The first-order valence-electron chi connectivity index (χ1n) is 9.34. The van der Waals surface area contributed by atoms with Gasteiger partial charge in [0.05, 0.1) is 23.4 Å². The Hall–Kier alpha value is -3.60. The fourth-order valence-corrected chi connectivity index (χ4v) is 3.46. The molecule has 140 valence electrons. The summed E-state index contributed by atoms with van der Waals surface area (Å²) in [6.07, 6.45) is 2.84. The maximum absolute atomic E-state index is 12.4. The van der Waals surface area contributed by atoms with Crippen molar-refractivity contribution in [2.45, 2.75) is 19.4 Å². The molecule has 5 heteroatoms. The van der Waals surface area contributed by atoms with E-state index in [1.165, 1.54) is 5.56 Å². The summed E-state index contributed by atoms with van der Waals surface area (Å²) < 4.78 is 2.19. The predicted octanol–water partition coefficient (Wildman–Crippen LogP) is 4.87. The third kappa shape index (κ3) is 3.47. The van der Waals surface area contributed by atoms with Gasteiger partial charge in [-0.15, -0.1) is 0 Å². The van der Waals surface area contributed by atoms with Gasteiger partial charge in [-0.25, -0.2) is 4.98 Å². The third-order valence-electron chi connectivity index (χ3n) is 4.91. The number of carbonyl (C=O) groups is 1. The number of nitrogen functional groups attached to an aromatic ring is 1. The number of nitrogens with one attached hydrogen (secondary N) is 1. The minimum absolute atomic E-state index is 0.172. The van der Waals surface area contributed by atoms with Crippen LogP contribution in [-0.2, 0) is 0 Å². The Kier molecular flexibility index (Phi) is 4.81. The molecule has 28 heavy (non-hydrogen) atoms. The van der Waals surface area contributed by atoms with Crippen LogP contribution in [0.4, 0.5) is 11.4 Å². The van der Waals surface area contributed by atoms with Crippen molar-refractivity contribution in [1.82, 2.24) is 9.55 Å². The van der Waals surface area contributed by atoms with E-state index in [-0.39, 0.29) is 11.9 Å². The van der Waals surface area contributed by atoms with Crippen molar-refractivity contribution in [1.29, 1.82) is 0 Å². The fourth-order valence-electron chi connectivity index (χ4n) is 3.46. The van der Waals surface area contributed by atoms with Gasteiger partial charge in [0.25, 0.3) is 5.91 Å². The fraction of sp³-hybridized carbons (Fsp3) is 0.130. The number of hydrogen-bond acceptors (Lipinski definition) is 3. The number of aromatic nitrogens is 2. The quantitative estimate of drug-likeness (QED) is 0.492. The monoisotopic (exact) mass is 370 g/mol. The van der Waals surface area contributed by atoms with Crippen LogP contribution in [0.3, 0.4) is 0 Å². The lowest BCUT2D eigenvalue weighted by Gasteiger charge is -2.18. The highest BCUT2D eigenvalue weighted by Gasteiger charge is 2.15. The summed E-state index contributed by atoms with van der Waals surface area (Å²) in [5, 5.41) is 2.92. The number of imidazole rings is 1. The molecule has 5 nitrogen and oxygen atoms in total. The summed E-state index contributed by atoms with van der Waals surface area (Å²) in [5.74, 6) is -0.172. The van der Waals surface area contributed by atoms with Gasteiger partial charge in [0.15, 0.2) is 0 Å². The lowest BCUT2D eigenvalue weighted by atomic mass is 10.0. The molecule has 0 radical (unpaired) electrons. The molecule has 0 spiro atoms. The van der Waals surface area contributed by atoms with E-state index >= 15 is 0 Å². The van der Waals surface area contributed by atoms with E-state index in [2.05, 4.69) is 46.1 Å². The minimum atomic E-state index is -0.172. The van der Waals surface area contributed by atoms with Gasteiger partial charge in [0.2, 0.25) is 0 Å². The van der Waals surface area contributed by atoms with Gasteiger partial charge in [-0.2, -0.15) is 0 Å². The molecule has 1 heterocycles. The Balaban J connectivity index is 1.61. The number of carbonyl (C=O) groups excluding carboxylic acids is 1. The van der Waals surface area contributed by atoms with Crippen LogP contribution in [0.2, 0.25) is 0 Å². The molecule has 4 aromatic rings. The predicted molar refractivity (Wildman–Crippen MR) is 113 cm³/mol. The van der Waals surface area contributed by atoms with Gasteiger partial charge in [0.1, 0.15) is 0 Å². The summed E-state index contributed by atoms with van der Waals surface area (Å²) in [4.78, 5) is 17.0. The third-order valence-corrected chi connectivity index (χ3v) is 4.91. The highest BCUT2D eigenvalue weighted by atomic mass is 16.1. The first-order valence-corrected chi connectivity index (χ1v) is 9.34. The maximum Gasteiger partial charge on any atom is 0.255 e. The molecule has 1 atom stereocenters. The number of nitrogens with zero attached hydrogens (tertiary/aromatic N) is 2. The van der Waals surface area contributed by atoms with E-state index in [1.807, 2.05) is 30.6 Å². The number of hydrogen-bond donors (Lipinski definition) is 2. The average molecular weight is 370 g/mol. The molecule has 0 saturated heterocycles. The number of rotatable bonds is 5. The standard InChI is InChI=1S/C23H22N4O/c1-2-21(16-6-4-3-5-7-16)27-15-25-20-14-19(12-13-22(20)27)26-23(28)17-8-10-18(24)11-9-17/h3-15,21H,2,24H2,1H3,(H,26,28). The normalized spacial score (nSPS) is 12.0. The number of anilines is 2. The lowest BCUT2D eigenvalue weighted by Crippen LogP contribution is -2.12. The van der Waals surface area contributed by atoms with Crippen LogP contribution in [0.1, 0.15) is 35.3 Å². The molecule has 0 bridgehead atoms. The van der Waals surface area contributed by atoms with Gasteiger partial charge in [-0.1, -0.05) is 37.3 Å². The van der Waals surface area contributed by atoms with Crippen molar-refractivity contribution in [3.8, 4) is 0 Å². The second kappa shape index (κ2) is 7.56. The smallest absolute Gasteiger partial charge is 0.255 e. The van der Waals surface area contributed by atoms with Crippen LogP contribution < -0.4 is 11.1 Å². The van der Waals surface area contributed by atoms with E-state index in [1.54, 1.807) is 24.3 Å². The molecule has 3 aromatic carbocycles. The van der Waals surface area contributed by atoms with Crippen molar-refractivity contribution < 1.29 is 4.79 Å². The van der Waals surface area contributed by atoms with Crippen molar-refractivity contribution in [2.75, 3.05) is 11.1 Å². The van der Waals surface area contributed by atoms with Crippen molar-refractivity contribution >= 4 is 28.3 Å². The zero-order valence-electron chi connectivity index (χ0n) is 15.7. The summed E-state index contributed by atoms with van der Waals surface area (Å²) >= 11 is 0. The van der Waals surface area contributed by atoms with Crippen molar-refractivity contribution in [2.24, 2.45) is 0 Å². The SMILES string of the molecule is CCC(c1ccccc1)n1cnc2cc(NC(=O)c3ccc(N)cc3)ccc21. The van der Waals surface area contributed by atoms with Gasteiger partial charge in [0, 0.05) is 16.9 Å². The molecule has 0 fully saturated rings. The molecule has 3 N–H and O–H groups in total. The van der Waals surface area contributed by atoms with E-state index in [0.717, 1.165) is 17.5 Å². The first-order chi connectivity index (χ1) is 13.7. The van der Waals surface area contributed by atoms with E-state index in [4.69, 9.17) is 5.73 Å². The van der Waals surface area contributed by atoms with Crippen LogP contribution in [0, 0.1) is 0 Å². The Morgan fingerprint density at radius 2 is 1.82 bits per heavy atom. The van der Waals surface area contributed by atoms with E-state index in [0.29, 0.717) is 16.9 Å².